The largest absolute Gasteiger partial charge is 0.433 e. The van der Waals surface area contributed by atoms with Crippen molar-refractivity contribution in [3.8, 4) is 5.75 Å². The summed E-state index contributed by atoms with van der Waals surface area (Å²) in [6, 6.07) is 11.0. The number of nitrogens with one attached hydrogen (secondary N) is 1. The van der Waals surface area contributed by atoms with Crippen molar-refractivity contribution in [2.24, 2.45) is 0 Å². The molecule has 0 fully saturated rings. The quantitative estimate of drug-likeness (QED) is 0.848. The number of carbonyl (C=O) groups is 1. The molecule has 0 heterocycles. The van der Waals surface area contributed by atoms with Crippen LogP contribution in [0.4, 0.5) is 20.2 Å². The van der Waals surface area contributed by atoms with Crippen LogP contribution in [-0.2, 0) is 0 Å². The van der Waals surface area contributed by atoms with Crippen LogP contribution in [0.25, 0.3) is 0 Å². The van der Waals surface area contributed by atoms with E-state index in [-0.39, 0.29) is 17.0 Å². The van der Waals surface area contributed by atoms with Crippen LogP contribution in [0, 0.1) is 6.92 Å². The third kappa shape index (κ3) is 3.47. The van der Waals surface area contributed by atoms with Gasteiger partial charge in [0.05, 0.1) is 11.3 Å². The number of hydrogen-bond donors (Lipinski definition) is 2. The second-order valence-electron chi connectivity index (χ2n) is 4.36. The maximum Gasteiger partial charge on any atom is 0.387 e. The minimum atomic E-state index is -2.97. The van der Waals surface area contributed by atoms with Crippen molar-refractivity contribution in [1.29, 1.82) is 0 Å². The predicted molar refractivity (Wildman–Crippen MR) is 76.6 cm³/mol. The van der Waals surface area contributed by atoms with E-state index in [1.165, 1.54) is 18.2 Å². The topological polar surface area (TPSA) is 64.3 Å². The summed E-state index contributed by atoms with van der Waals surface area (Å²) < 4.78 is 29.0. The number of aryl methyl sites for hydroxylation is 1. The molecule has 3 N–H and O–H groups in total. The van der Waals surface area contributed by atoms with Gasteiger partial charge in [0.25, 0.3) is 5.91 Å². The molecule has 0 aliphatic rings. The number of hydrogen-bond acceptors (Lipinski definition) is 3. The zero-order valence-electron chi connectivity index (χ0n) is 11.3. The Morgan fingerprint density at radius 3 is 2.62 bits per heavy atom. The van der Waals surface area contributed by atoms with Crippen LogP contribution >= 0.6 is 0 Å². The summed E-state index contributed by atoms with van der Waals surface area (Å²) in [5.74, 6) is -0.589. The van der Waals surface area contributed by atoms with Gasteiger partial charge in [-0.05, 0) is 30.7 Å². The fourth-order valence-corrected chi connectivity index (χ4v) is 1.84. The molecule has 0 bridgehead atoms. The smallest absolute Gasteiger partial charge is 0.387 e. The molecule has 1 amide bonds. The van der Waals surface area contributed by atoms with Crippen molar-refractivity contribution >= 4 is 17.3 Å². The number of rotatable bonds is 4. The fraction of sp³-hybridized carbons (Fsp3) is 0.133. The van der Waals surface area contributed by atoms with E-state index in [9.17, 15) is 13.6 Å². The van der Waals surface area contributed by atoms with Crippen LogP contribution in [-0.4, -0.2) is 12.5 Å². The Labute approximate surface area is 120 Å². The number of halogens is 2. The summed E-state index contributed by atoms with van der Waals surface area (Å²) >= 11 is 0. The number of para-hydroxylation sites is 3. The van der Waals surface area contributed by atoms with Gasteiger partial charge in [0, 0.05) is 5.69 Å². The molecule has 0 aliphatic carbocycles. The summed E-state index contributed by atoms with van der Waals surface area (Å²) in [7, 11) is 0. The second kappa shape index (κ2) is 6.21. The average molecular weight is 292 g/mol. The molecule has 0 aromatic heterocycles. The van der Waals surface area contributed by atoms with Gasteiger partial charge in [0.2, 0.25) is 0 Å². The summed E-state index contributed by atoms with van der Waals surface area (Å²) in [5, 5.41) is 2.52. The first-order valence-corrected chi connectivity index (χ1v) is 6.19. The molecule has 0 unspecified atom stereocenters. The van der Waals surface area contributed by atoms with Crippen molar-refractivity contribution < 1.29 is 18.3 Å². The number of carbonyl (C=O) groups excluding carboxylic acids is 1. The standard InChI is InChI=1S/C15H14F2N2O2/c1-9-5-4-6-10(13(9)18)14(20)19-11-7-2-3-8-12(11)21-15(16)17/h2-8,15H,18H2,1H3,(H,19,20). The highest BCUT2D eigenvalue weighted by Crippen LogP contribution is 2.27. The van der Waals surface area contributed by atoms with Gasteiger partial charge in [0.15, 0.2) is 0 Å². The Bertz CT molecular complexity index is 660. The van der Waals surface area contributed by atoms with Crippen LogP contribution in [0.5, 0.6) is 5.75 Å². The summed E-state index contributed by atoms with van der Waals surface area (Å²) in [6.07, 6.45) is 0. The van der Waals surface area contributed by atoms with Crippen LogP contribution in [0.1, 0.15) is 15.9 Å². The zero-order valence-corrected chi connectivity index (χ0v) is 11.3. The van der Waals surface area contributed by atoms with Crippen molar-refractivity contribution in [1.82, 2.24) is 0 Å². The minimum absolute atomic E-state index is 0.105. The van der Waals surface area contributed by atoms with E-state index in [0.29, 0.717) is 5.69 Å². The molecule has 0 saturated heterocycles. The van der Waals surface area contributed by atoms with Crippen LogP contribution in [0.3, 0.4) is 0 Å². The van der Waals surface area contributed by atoms with E-state index in [0.717, 1.165) is 5.56 Å². The molecule has 0 saturated carbocycles. The van der Waals surface area contributed by atoms with Gasteiger partial charge < -0.3 is 15.8 Å². The normalized spacial score (nSPS) is 10.5. The first-order valence-electron chi connectivity index (χ1n) is 6.19. The second-order valence-corrected chi connectivity index (χ2v) is 4.36. The first kappa shape index (κ1) is 14.8. The van der Waals surface area contributed by atoms with Crippen LogP contribution in [0.2, 0.25) is 0 Å². The Morgan fingerprint density at radius 2 is 1.90 bits per heavy atom. The Kier molecular flexibility index (Phi) is 4.37. The summed E-state index contributed by atoms with van der Waals surface area (Å²) in [5.41, 5.74) is 7.39. The number of nitrogen functional groups attached to an aromatic ring is 1. The maximum atomic E-state index is 12.3. The fourth-order valence-electron chi connectivity index (χ4n) is 1.84. The van der Waals surface area contributed by atoms with E-state index < -0.39 is 12.5 Å². The Balaban J connectivity index is 2.26. The molecule has 2 aromatic rings. The average Bonchev–Trinajstić information content (AvgIpc) is 2.43. The first-order chi connectivity index (χ1) is 9.99. The van der Waals surface area contributed by atoms with Gasteiger partial charge in [-0.1, -0.05) is 24.3 Å². The molecule has 21 heavy (non-hydrogen) atoms. The van der Waals surface area contributed by atoms with E-state index >= 15 is 0 Å². The molecule has 4 nitrogen and oxygen atoms in total. The Hall–Kier alpha value is -2.63. The lowest BCUT2D eigenvalue weighted by Gasteiger charge is -2.13. The number of ether oxygens (including phenoxy) is 1. The zero-order chi connectivity index (χ0) is 15.4. The maximum absolute atomic E-state index is 12.3. The lowest BCUT2D eigenvalue weighted by molar-refractivity contribution is -0.0493. The van der Waals surface area contributed by atoms with Gasteiger partial charge in [-0.3, -0.25) is 4.79 Å². The number of alkyl halides is 2. The minimum Gasteiger partial charge on any atom is -0.433 e. The third-order valence-electron chi connectivity index (χ3n) is 2.92. The van der Waals surface area contributed by atoms with Crippen LogP contribution < -0.4 is 15.8 Å². The van der Waals surface area contributed by atoms with Gasteiger partial charge >= 0.3 is 6.61 Å². The molecule has 0 spiro atoms. The number of amides is 1. The van der Waals surface area contributed by atoms with Gasteiger partial charge in [0.1, 0.15) is 5.75 Å². The van der Waals surface area contributed by atoms with Gasteiger partial charge in [-0.15, -0.1) is 0 Å². The number of nitrogens with two attached hydrogens (primary N) is 1. The van der Waals surface area contributed by atoms with Gasteiger partial charge in [-0.2, -0.15) is 8.78 Å². The molecular formula is C15H14F2N2O2. The van der Waals surface area contributed by atoms with E-state index in [2.05, 4.69) is 10.1 Å². The third-order valence-corrected chi connectivity index (χ3v) is 2.92. The molecule has 0 atom stereocenters. The summed E-state index contributed by atoms with van der Waals surface area (Å²) in [6.45, 7) is -1.19. The number of benzene rings is 2. The highest BCUT2D eigenvalue weighted by atomic mass is 19.3. The molecular weight excluding hydrogens is 278 g/mol. The summed E-state index contributed by atoms with van der Waals surface area (Å²) in [4.78, 5) is 12.2. The van der Waals surface area contributed by atoms with Crippen molar-refractivity contribution in [3.05, 3.63) is 53.6 Å². The molecule has 2 aromatic carbocycles. The highest BCUT2D eigenvalue weighted by Gasteiger charge is 2.15. The van der Waals surface area contributed by atoms with Crippen molar-refractivity contribution in [3.63, 3.8) is 0 Å². The van der Waals surface area contributed by atoms with E-state index in [4.69, 9.17) is 5.73 Å². The lowest BCUT2D eigenvalue weighted by Crippen LogP contribution is -2.16. The number of anilines is 2. The van der Waals surface area contributed by atoms with Crippen LogP contribution in [0.15, 0.2) is 42.5 Å². The molecule has 0 radical (unpaired) electrons. The monoisotopic (exact) mass is 292 g/mol. The molecule has 6 heteroatoms. The molecule has 0 aliphatic heterocycles. The van der Waals surface area contributed by atoms with E-state index in [1.807, 2.05) is 0 Å². The lowest BCUT2D eigenvalue weighted by atomic mass is 10.1. The molecule has 110 valence electrons. The predicted octanol–water partition coefficient (Wildman–Crippen LogP) is 3.43. The highest BCUT2D eigenvalue weighted by molar-refractivity contribution is 6.08. The van der Waals surface area contributed by atoms with Crippen molar-refractivity contribution in [2.75, 3.05) is 11.1 Å². The molecule has 2 rings (SSSR count). The Morgan fingerprint density at radius 1 is 1.19 bits per heavy atom. The van der Waals surface area contributed by atoms with Gasteiger partial charge in [-0.25, -0.2) is 0 Å². The van der Waals surface area contributed by atoms with Crippen molar-refractivity contribution in [2.45, 2.75) is 13.5 Å². The SMILES string of the molecule is Cc1cccc(C(=O)Nc2ccccc2OC(F)F)c1N. The van der Waals surface area contributed by atoms with E-state index in [1.54, 1.807) is 31.2 Å².